The molecule has 144 valence electrons. The van der Waals surface area contributed by atoms with Crippen molar-refractivity contribution >= 4 is 5.91 Å². The van der Waals surface area contributed by atoms with Crippen LogP contribution in [0.1, 0.15) is 37.2 Å². The topological polar surface area (TPSA) is 86.0 Å². The molecule has 8 nitrogen and oxygen atoms in total. The third kappa shape index (κ3) is 3.21. The van der Waals surface area contributed by atoms with E-state index in [2.05, 4.69) is 34.1 Å². The van der Waals surface area contributed by atoms with Crippen LogP contribution in [-0.4, -0.2) is 55.0 Å². The molecular formula is C20H22N6O2. The highest BCUT2D eigenvalue weighted by molar-refractivity contribution is 5.94. The Labute approximate surface area is 163 Å². The minimum Gasteiger partial charge on any atom is -0.480 e. The SMILES string of the molecule is COc1ccc(-n2nc(C(=O)N3C(C)CCC3C)cc2-c2ccccn2)nn1. The van der Waals surface area contributed by atoms with Crippen LogP contribution in [0.5, 0.6) is 5.88 Å². The summed E-state index contributed by atoms with van der Waals surface area (Å²) in [6.07, 6.45) is 3.72. The summed E-state index contributed by atoms with van der Waals surface area (Å²) < 4.78 is 6.68. The summed E-state index contributed by atoms with van der Waals surface area (Å²) in [5, 5.41) is 12.8. The molecule has 1 amide bonds. The number of pyridine rings is 1. The van der Waals surface area contributed by atoms with Crippen molar-refractivity contribution in [2.75, 3.05) is 7.11 Å². The van der Waals surface area contributed by atoms with E-state index in [0.29, 0.717) is 28.8 Å². The molecule has 3 aromatic heterocycles. The average molecular weight is 378 g/mol. The number of rotatable bonds is 4. The molecule has 28 heavy (non-hydrogen) atoms. The molecule has 4 rings (SSSR count). The lowest BCUT2D eigenvalue weighted by Gasteiger charge is -2.25. The quantitative estimate of drug-likeness (QED) is 0.694. The zero-order chi connectivity index (χ0) is 19.7. The molecule has 1 fully saturated rings. The van der Waals surface area contributed by atoms with Crippen LogP contribution in [0, 0.1) is 0 Å². The van der Waals surface area contributed by atoms with Crippen LogP contribution in [0.25, 0.3) is 17.2 Å². The van der Waals surface area contributed by atoms with Gasteiger partial charge < -0.3 is 9.64 Å². The van der Waals surface area contributed by atoms with Gasteiger partial charge in [0.1, 0.15) is 0 Å². The summed E-state index contributed by atoms with van der Waals surface area (Å²) in [5.41, 5.74) is 1.76. The first-order valence-electron chi connectivity index (χ1n) is 9.30. The van der Waals surface area contributed by atoms with Gasteiger partial charge in [-0.15, -0.1) is 10.2 Å². The molecule has 0 bridgehead atoms. The van der Waals surface area contributed by atoms with Gasteiger partial charge in [-0.2, -0.15) is 5.10 Å². The van der Waals surface area contributed by atoms with E-state index in [1.807, 2.05) is 23.1 Å². The predicted octanol–water partition coefficient (Wildman–Crippen LogP) is 2.75. The lowest BCUT2D eigenvalue weighted by Crippen LogP contribution is -2.38. The van der Waals surface area contributed by atoms with Crippen LogP contribution in [0.3, 0.4) is 0 Å². The maximum Gasteiger partial charge on any atom is 0.274 e. The van der Waals surface area contributed by atoms with Crippen LogP contribution in [-0.2, 0) is 0 Å². The summed E-state index contributed by atoms with van der Waals surface area (Å²) in [6.45, 7) is 4.15. The Balaban J connectivity index is 1.79. The molecule has 2 unspecified atom stereocenters. The maximum absolute atomic E-state index is 13.2. The number of carbonyl (C=O) groups excluding carboxylic acids is 1. The van der Waals surface area contributed by atoms with Crippen LogP contribution in [0.4, 0.5) is 0 Å². The third-order valence-electron chi connectivity index (χ3n) is 5.09. The molecule has 0 aliphatic carbocycles. The molecule has 0 radical (unpaired) electrons. The maximum atomic E-state index is 13.2. The van der Waals surface area contributed by atoms with E-state index in [1.165, 1.54) is 7.11 Å². The molecule has 0 N–H and O–H groups in total. The lowest BCUT2D eigenvalue weighted by molar-refractivity contribution is 0.0686. The number of hydrogen-bond donors (Lipinski definition) is 0. The summed E-state index contributed by atoms with van der Waals surface area (Å²) in [6, 6.07) is 11.2. The Morgan fingerprint density at radius 1 is 1.11 bits per heavy atom. The van der Waals surface area contributed by atoms with Crippen molar-refractivity contribution in [1.29, 1.82) is 0 Å². The van der Waals surface area contributed by atoms with Crippen LogP contribution in [0.15, 0.2) is 42.6 Å². The Hall–Kier alpha value is -3.29. The predicted molar refractivity (Wildman–Crippen MR) is 103 cm³/mol. The number of ether oxygens (including phenoxy) is 1. The summed E-state index contributed by atoms with van der Waals surface area (Å²) in [5.74, 6) is 0.823. The Morgan fingerprint density at radius 3 is 2.50 bits per heavy atom. The summed E-state index contributed by atoms with van der Waals surface area (Å²) in [4.78, 5) is 19.5. The van der Waals surface area contributed by atoms with Crippen molar-refractivity contribution in [1.82, 2.24) is 29.9 Å². The molecule has 1 aliphatic heterocycles. The standard InChI is InChI=1S/C20H22N6O2/c1-13-7-8-14(2)25(13)20(27)16-12-17(15-6-4-5-11-21-15)26(24-16)18-9-10-19(28-3)23-22-18/h4-6,9-14H,7-8H2,1-3H3. The van der Waals surface area contributed by atoms with E-state index in [1.54, 1.807) is 29.1 Å². The van der Waals surface area contributed by atoms with E-state index >= 15 is 0 Å². The third-order valence-corrected chi connectivity index (χ3v) is 5.09. The van der Waals surface area contributed by atoms with Gasteiger partial charge in [0.25, 0.3) is 5.91 Å². The number of hydrogen-bond acceptors (Lipinski definition) is 6. The van der Waals surface area contributed by atoms with E-state index in [-0.39, 0.29) is 18.0 Å². The van der Waals surface area contributed by atoms with Crippen LogP contribution < -0.4 is 4.74 Å². The number of methoxy groups -OCH3 is 1. The molecule has 4 heterocycles. The highest BCUT2D eigenvalue weighted by atomic mass is 16.5. The molecule has 0 spiro atoms. The number of carbonyl (C=O) groups is 1. The Morgan fingerprint density at radius 2 is 1.89 bits per heavy atom. The van der Waals surface area contributed by atoms with Gasteiger partial charge in [-0.3, -0.25) is 9.78 Å². The van der Waals surface area contributed by atoms with Gasteiger partial charge in [0.15, 0.2) is 11.5 Å². The second kappa shape index (κ2) is 7.38. The first kappa shape index (κ1) is 18.1. The second-order valence-corrected chi connectivity index (χ2v) is 6.96. The number of aromatic nitrogens is 5. The van der Waals surface area contributed by atoms with E-state index in [4.69, 9.17) is 4.74 Å². The minimum absolute atomic E-state index is 0.0742. The first-order chi connectivity index (χ1) is 13.6. The Bertz CT molecular complexity index is 960. The smallest absolute Gasteiger partial charge is 0.274 e. The zero-order valence-corrected chi connectivity index (χ0v) is 16.1. The molecule has 0 aromatic carbocycles. The Kier molecular flexibility index (Phi) is 4.77. The van der Waals surface area contributed by atoms with Gasteiger partial charge in [-0.05, 0) is 51.0 Å². The monoisotopic (exact) mass is 378 g/mol. The summed E-state index contributed by atoms with van der Waals surface area (Å²) in [7, 11) is 1.53. The molecule has 1 aliphatic rings. The van der Waals surface area contributed by atoms with Crippen molar-refractivity contribution < 1.29 is 9.53 Å². The van der Waals surface area contributed by atoms with Gasteiger partial charge in [-0.25, -0.2) is 4.68 Å². The van der Waals surface area contributed by atoms with E-state index < -0.39 is 0 Å². The normalized spacial score (nSPS) is 19.0. The number of likely N-dealkylation sites (tertiary alicyclic amines) is 1. The fraction of sp³-hybridized carbons (Fsp3) is 0.350. The molecule has 1 saturated heterocycles. The first-order valence-corrected chi connectivity index (χ1v) is 9.30. The van der Waals surface area contributed by atoms with Crippen molar-refractivity contribution in [3.05, 3.63) is 48.3 Å². The average Bonchev–Trinajstić information content (AvgIpc) is 3.32. The van der Waals surface area contributed by atoms with Gasteiger partial charge >= 0.3 is 0 Å². The van der Waals surface area contributed by atoms with Crippen molar-refractivity contribution in [3.8, 4) is 23.1 Å². The molecule has 2 atom stereocenters. The van der Waals surface area contributed by atoms with Crippen molar-refractivity contribution in [3.63, 3.8) is 0 Å². The van der Waals surface area contributed by atoms with Gasteiger partial charge in [0.2, 0.25) is 5.88 Å². The van der Waals surface area contributed by atoms with Crippen LogP contribution in [0.2, 0.25) is 0 Å². The fourth-order valence-corrected chi connectivity index (χ4v) is 3.62. The van der Waals surface area contributed by atoms with Gasteiger partial charge in [0, 0.05) is 24.3 Å². The highest BCUT2D eigenvalue weighted by Gasteiger charge is 2.33. The second-order valence-electron chi connectivity index (χ2n) is 6.96. The van der Waals surface area contributed by atoms with E-state index in [0.717, 1.165) is 12.8 Å². The molecule has 3 aromatic rings. The minimum atomic E-state index is -0.0742. The molecule has 8 heteroatoms. The molecular weight excluding hydrogens is 356 g/mol. The summed E-state index contributed by atoms with van der Waals surface area (Å²) >= 11 is 0. The fourth-order valence-electron chi connectivity index (χ4n) is 3.62. The van der Waals surface area contributed by atoms with Crippen molar-refractivity contribution in [2.24, 2.45) is 0 Å². The van der Waals surface area contributed by atoms with E-state index in [9.17, 15) is 4.79 Å². The number of amides is 1. The zero-order valence-electron chi connectivity index (χ0n) is 16.1. The van der Waals surface area contributed by atoms with Crippen LogP contribution >= 0.6 is 0 Å². The molecule has 0 saturated carbocycles. The van der Waals surface area contributed by atoms with Crippen molar-refractivity contribution in [2.45, 2.75) is 38.8 Å². The lowest BCUT2D eigenvalue weighted by atomic mass is 10.2. The highest BCUT2D eigenvalue weighted by Crippen LogP contribution is 2.27. The van der Waals surface area contributed by atoms with Gasteiger partial charge in [-0.1, -0.05) is 6.07 Å². The van der Waals surface area contributed by atoms with Gasteiger partial charge in [0.05, 0.1) is 18.5 Å². The largest absolute Gasteiger partial charge is 0.480 e. The number of nitrogens with zero attached hydrogens (tertiary/aromatic N) is 6.